The van der Waals surface area contributed by atoms with E-state index in [9.17, 15) is 9.59 Å². The maximum atomic E-state index is 11.9. The first-order valence-electron chi connectivity index (χ1n) is 6.42. The van der Waals surface area contributed by atoms with Gasteiger partial charge < -0.3 is 10.4 Å². The van der Waals surface area contributed by atoms with Crippen LogP contribution in [0.3, 0.4) is 0 Å². The van der Waals surface area contributed by atoms with Gasteiger partial charge in [-0.15, -0.1) is 0 Å². The average Bonchev–Trinajstić information content (AvgIpc) is 2.77. The predicted molar refractivity (Wildman–Crippen MR) is 74.8 cm³/mol. The number of carbonyl (C=O) groups is 2. The minimum Gasteiger partial charge on any atom is -0.478 e. The number of rotatable bonds is 5. The summed E-state index contributed by atoms with van der Waals surface area (Å²) in [7, 11) is 0. The van der Waals surface area contributed by atoms with Crippen LogP contribution in [0.15, 0.2) is 18.3 Å². The van der Waals surface area contributed by atoms with Crippen molar-refractivity contribution in [3.63, 3.8) is 0 Å². The molecule has 0 aliphatic heterocycles. The van der Waals surface area contributed by atoms with E-state index in [-0.39, 0.29) is 24.4 Å². The first kappa shape index (κ1) is 14.7. The number of H-pyrrole nitrogens is 1. The molecule has 2 heterocycles. The van der Waals surface area contributed by atoms with Gasteiger partial charge in [0.15, 0.2) is 0 Å². The van der Waals surface area contributed by atoms with Crippen LogP contribution in [-0.4, -0.2) is 32.2 Å². The molecule has 7 heteroatoms. The zero-order valence-electron chi connectivity index (χ0n) is 11.8. The van der Waals surface area contributed by atoms with E-state index in [0.29, 0.717) is 5.69 Å². The standard InChI is InChI=1S/C14H16N4O3/c1-8-12(9(2)18-17-8)6-13(19)16-7-11-5-10(14(20)21)3-4-15-11/h3-5H,6-7H2,1-2H3,(H,16,19)(H,17,18)(H,20,21). The Bertz CT molecular complexity index is 659. The average molecular weight is 288 g/mol. The summed E-state index contributed by atoms with van der Waals surface area (Å²) in [6, 6.07) is 2.85. The zero-order valence-corrected chi connectivity index (χ0v) is 11.8. The first-order valence-corrected chi connectivity index (χ1v) is 6.42. The van der Waals surface area contributed by atoms with Gasteiger partial charge in [-0.3, -0.25) is 14.9 Å². The van der Waals surface area contributed by atoms with E-state index >= 15 is 0 Å². The number of nitrogens with zero attached hydrogens (tertiary/aromatic N) is 2. The third kappa shape index (κ3) is 3.65. The lowest BCUT2D eigenvalue weighted by molar-refractivity contribution is -0.120. The molecule has 3 N–H and O–H groups in total. The lowest BCUT2D eigenvalue weighted by Gasteiger charge is -2.06. The number of aryl methyl sites for hydroxylation is 2. The monoisotopic (exact) mass is 288 g/mol. The number of aromatic nitrogens is 3. The minimum atomic E-state index is -1.02. The van der Waals surface area contributed by atoms with E-state index < -0.39 is 5.97 Å². The normalized spacial score (nSPS) is 10.4. The van der Waals surface area contributed by atoms with Crippen LogP contribution in [0, 0.1) is 13.8 Å². The number of carboxylic acid groups (broad SMARTS) is 1. The fourth-order valence-corrected chi connectivity index (χ4v) is 1.95. The largest absolute Gasteiger partial charge is 0.478 e. The van der Waals surface area contributed by atoms with Gasteiger partial charge in [0, 0.05) is 17.5 Å². The molecule has 1 amide bonds. The summed E-state index contributed by atoms with van der Waals surface area (Å²) in [5.74, 6) is -1.18. The van der Waals surface area contributed by atoms with Crippen LogP contribution in [0.4, 0.5) is 0 Å². The predicted octanol–water partition coefficient (Wildman–Crippen LogP) is 0.979. The highest BCUT2D eigenvalue weighted by molar-refractivity contribution is 5.87. The Morgan fingerprint density at radius 3 is 2.76 bits per heavy atom. The van der Waals surface area contributed by atoms with Gasteiger partial charge in [-0.05, 0) is 26.0 Å². The number of nitrogens with one attached hydrogen (secondary N) is 2. The lowest BCUT2D eigenvalue weighted by Crippen LogP contribution is -2.25. The Balaban J connectivity index is 1.95. The molecular formula is C14H16N4O3. The van der Waals surface area contributed by atoms with Crippen LogP contribution in [0.5, 0.6) is 0 Å². The molecule has 0 aliphatic rings. The van der Waals surface area contributed by atoms with Gasteiger partial charge in [0.25, 0.3) is 0 Å². The van der Waals surface area contributed by atoms with Gasteiger partial charge in [-0.2, -0.15) is 5.10 Å². The fourth-order valence-electron chi connectivity index (χ4n) is 1.95. The fraction of sp³-hybridized carbons (Fsp3) is 0.286. The molecule has 0 aromatic carbocycles. The van der Waals surface area contributed by atoms with Gasteiger partial charge in [-0.1, -0.05) is 0 Å². The molecule has 0 fully saturated rings. The highest BCUT2D eigenvalue weighted by atomic mass is 16.4. The second kappa shape index (κ2) is 6.17. The van der Waals surface area contributed by atoms with Crippen molar-refractivity contribution in [2.75, 3.05) is 0 Å². The molecule has 0 aliphatic carbocycles. The molecule has 0 radical (unpaired) electrons. The Labute approximate surface area is 121 Å². The van der Waals surface area contributed by atoms with E-state index in [0.717, 1.165) is 17.0 Å². The van der Waals surface area contributed by atoms with Crippen molar-refractivity contribution in [1.82, 2.24) is 20.5 Å². The van der Waals surface area contributed by atoms with Crippen LogP contribution in [0.25, 0.3) is 0 Å². The Morgan fingerprint density at radius 1 is 1.38 bits per heavy atom. The van der Waals surface area contributed by atoms with Crippen LogP contribution in [0.2, 0.25) is 0 Å². The Morgan fingerprint density at radius 2 is 2.14 bits per heavy atom. The number of hydrogen-bond donors (Lipinski definition) is 3. The number of aromatic carboxylic acids is 1. The first-order chi connectivity index (χ1) is 9.97. The third-order valence-corrected chi connectivity index (χ3v) is 3.15. The quantitative estimate of drug-likeness (QED) is 0.760. The molecular weight excluding hydrogens is 272 g/mol. The van der Waals surface area contributed by atoms with Crippen molar-refractivity contribution in [1.29, 1.82) is 0 Å². The van der Waals surface area contributed by atoms with Gasteiger partial charge in [0.05, 0.1) is 29.9 Å². The van der Waals surface area contributed by atoms with Gasteiger partial charge in [0.1, 0.15) is 0 Å². The Kier molecular flexibility index (Phi) is 4.32. The zero-order chi connectivity index (χ0) is 15.4. The number of amides is 1. The van der Waals surface area contributed by atoms with Crippen molar-refractivity contribution < 1.29 is 14.7 Å². The summed E-state index contributed by atoms with van der Waals surface area (Å²) >= 11 is 0. The van der Waals surface area contributed by atoms with Crippen molar-refractivity contribution in [3.8, 4) is 0 Å². The van der Waals surface area contributed by atoms with Crippen LogP contribution in [0.1, 0.15) is 33.0 Å². The van der Waals surface area contributed by atoms with Crippen molar-refractivity contribution in [3.05, 3.63) is 46.5 Å². The van der Waals surface area contributed by atoms with Crippen LogP contribution < -0.4 is 5.32 Å². The number of carboxylic acids is 1. The molecule has 2 aromatic rings. The summed E-state index contributed by atoms with van der Waals surface area (Å²) in [4.78, 5) is 26.8. The van der Waals surface area contributed by atoms with E-state index in [2.05, 4.69) is 20.5 Å². The molecule has 7 nitrogen and oxygen atoms in total. The smallest absolute Gasteiger partial charge is 0.335 e. The second-order valence-corrected chi connectivity index (χ2v) is 4.71. The van der Waals surface area contributed by atoms with E-state index in [1.807, 2.05) is 13.8 Å². The molecule has 0 saturated carbocycles. The number of hydrogen-bond acceptors (Lipinski definition) is 4. The third-order valence-electron chi connectivity index (χ3n) is 3.15. The van der Waals surface area contributed by atoms with Crippen molar-refractivity contribution >= 4 is 11.9 Å². The van der Waals surface area contributed by atoms with Gasteiger partial charge in [-0.25, -0.2) is 4.79 Å². The van der Waals surface area contributed by atoms with Crippen LogP contribution in [-0.2, 0) is 17.8 Å². The topological polar surface area (TPSA) is 108 Å². The lowest BCUT2D eigenvalue weighted by atomic mass is 10.1. The second-order valence-electron chi connectivity index (χ2n) is 4.71. The molecule has 2 rings (SSSR count). The van der Waals surface area contributed by atoms with E-state index in [1.54, 1.807) is 0 Å². The van der Waals surface area contributed by atoms with Gasteiger partial charge in [0.2, 0.25) is 5.91 Å². The molecule has 0 unspecified atom stereocenters. The number of pyridine rings is 1. The molecule has 0 bridgehead atoms. The maximum absolute atomic E-state index is 11.9. The summed E-state index contributed by atoms with van der Waals surface area (Å²) in [6.07, 6.45) is 1.64. The minimum absolute atomic E-state index is 0.149. The van der Waals surface area contributed by atoms with E-state index in [1.165, 1.54) is 18.3 Å². The number of aromatic amines is 1. The molecule has 2 aromatic heterocycles. The summed E-state index contributed by atoms with van der Waals surface area (Å²) < 4.78 is 0. The SMILES string of the molecule is Cc1n[nH]c(C)c1CC(=O)NCc1cc(C(=O)O)ccn1. The van der Waals surface area contributed by atoms with Crippen molar-refractivity contribution in [2.45, 2.75) is 26.8 Å². The maximum Gasteiger partial charge on any atom is 0.335 e. The molecule has 0 spiro atoms. The molecule has 110 valence electrons. The van der Waals surface area contributed by atoms with Crippen molar-refractivity contribution in [2.24, 2.45) is 0 Å². The molecule has 0 atom stereocenters. The summed E-state index contributed by atoms with van der Waals surface area (Å²) in [5, 5.41) is 18.5. The van der Waals surface area contributed by atoms with Crippen LogP contribution >= 0.6 is 0 Å². The number of carbonyl (C=O) groups excluding carboxylic acids is 1. The summed E-state index contributed by atoms with van der Waals surface area (Å²) in [5.41, 5.74) is 3.20. The Hall–Kier alpha value is -2.70. The molecule has 21 heavy (non-hydrogen) atoms. The van der Waals surface area contributed by atoms with Gasteiger partial charge >= 0.3 is 5.97 Å². The highest BCUT2D eigenvalue weighted by Crippen LogP contribution is 2.10. The highest BCUT2D eigenvalue weighted by Gasteiger charge is 2.11. The molecule has 0 saturated heterocycles. The summed E-state index contributed by atoms with van der Waals surface area (Å²) in [6.45, 7) is 3.89. The van der Waals surface area contributed by atoms with E-state index in [4.69, 9.17) is 5.11 Å².